The van der Waals surface area contributed by atoms with Crippen LogP contribution in [-0.2, 0) is 9.57 Å². The molecule has 1 N–H and O–H groups in total. The number of benzene rings is 1. The minimum Gasteiger partial charge on any atom is -0.390 e. The summed E-state index contributed by atoms with van der Waals surface area (Å²) in [4.78, 5) is 7.64. The van der Waals surface area contributed by atoms with Crippen molar-refractivity contribution in [2.75, 3.05) is 32.8 Å². The van der Waals surface area contributed by atoms with Crippen LogP contribution in [0, 0.1) is 0 Å². The van der Waals surface area contributed by atoms with E-state index in [2.05, 4.69) is 23.2 Å². The fourth-order valence-corrected chi connectivity index (χ4v) is 2.80. The Bertz CT molecular complexity index is 589. The van der Waals surface area contributed by atoms with Gasteiger partial charge in [0.1, 0.15) is 6.10 Å². The molecule has 2 atom stereocenters. The first-order valence-corrected chi connectivity index (χ1v) is 8.68. The van der Waals surface area contributed by atoms with Crippen molar-refractivity contribution >= 4 is 17.3 Å². The van der Waals surface area contributed by atoms with Gasteiger partial charge in [0.15, 0.2) is 0 Å². The second-order valence-corrected chi connectivity index (χ2v) is 6.40. The number of halogens is 1. The van der Waals surface area contributed by atoms with Gasteiger partial charge >= 0.3 is 0 Å². The summed E-state index contributed by atoms with van der Waals surface area (Å²) in [5, 5.41) is 15.0. The summed E-state index contributed by atoms with van der Waals surface area (Å²) in [5.41, 5.74) is 1.93. The van der Waals surface area contributed by atoms with Crippen molar-refractivity contribution in [2.24, 2.45) is 5.16 Å². The molecular weight excluding hydrogens is 340 g/mol. The van der Waals surface area contributed by atoms with Crippen LogP contribution in [0.5, 0.6) is 0 Å². The zero-order valence-corrected chi connectivity index (χ0v) is 15.1. The molecule has 0 aliphatic carbocycles. The number of ether oxygens (including phenoxy) is 1. The van der Waals surface area contributed by atoms with Crippen molar-refractivity contribution in [1.82, 2.24) is 4.90 Å². The van der Waals surface area contributed by atoms with Crippen molar-refractivity contribution < 1.29 is 14.7 Å². The van der Waals surface area contributed by atoms with Crippen molar-refractivity contribution in [3.05, 3.63) is 60.2 Å². The molecule has 0 unspecified atom stereocenters. The molecule has 0 aromatic heterocycles. The highest BCUT2D eigenvalue weighted by Gasteiger charge is 2.25. The van der Waals surface area contributed by atoms with Gasteiger partial charge in [0.25, 0.3) is 0 Å². The van der Waals surface area contributed by atoms with E-state index in [1.54, 1.807) is 6.08 Å². The summed E-state index contributed by atoms with van der Waals surface area (Å²) in [6, 6.07) is 7.57. The third-order valence-corrected chi connectivity index (χ3v) is 4.03. The largest absolute Gasteiger partial charge is 0.390 e. The molecule has 0 saturated heterocycles. The van der Waals surface area contributed by atoms with Gasteiger partial charge in [-0.3, -0.25) is 4.90 Å². The van der Waals surface area contributed by atoms with Crippen molar-refractivity contribution in [3.8, 4) is 0 Å². The molecule has 5 nitrogen and oxygen atoms in total. The molecule has 1 aromatic rings. The van der Waals surface area contributed by atoms with Gasteiger partial charge in [-0.1, -0.05) is 41.0 Å². The van der Waals surface area contributed by atoms with Crippen LogP contribution in [0.2, 0.25) is 5.02 Å². The molecule has 0 fully saturated rings. The van der Waals surface area contributed by atoms with Crippen LogP contribution in [0.1, 0.15) is 12.0 Å². The van der Waals surface area contributed by atoms with Gasteiger partial charge < -0.3 is 14.7 Å². The maximum absolute atomic E-state index is 10.1. The fourth-order valence-electron chi connectivity index (χ4n) is 2.67. The maximum atomic E-state index is 10.1. The van der Waals surface area contributed by atoms with E-state index in [1.807, 2.05) is 30.3 Å². The van der Waals surface area contributed by atoms with Gasteiger partial charge in [0.05, 0.1) is 25.0 Å². The van der Waals surface area contributed by atoms with Crippen LogP contribution in [0.4, 0.5) is 0 Å². The van der Waals surface area contributed by atoms with Crippen molar-refractivity contribution in [3.63, 3.8) is 0 Å². The van der Waals surface area contributed by atoms with Crippen LogP contribution in [0.3, 0.4) is 0 Å². The van der Waals surface area contributed by atoms with E-state index in [9.17, 15) is 5.11 Å². The average molecular weight is 365 g/mol. The topological polar surface area (TPSA) is 54.3 Å². The fraction of sp³-hybridized carbons (Fsp3) is 0.421. The van der Waals surface area contributed by atoms with E-state index in [0.717, 1.165) is 17.7 Å². The Kier molecular flexibility index (Phi) is 8.15. The first kappa shape index (κ1) is 19.7. The second kappa shape index (κ2) is 10.4. The molecule has 0 radical (unpaired) electrons. The SMILES string of the molecule is C=CCOC[C@H](O)CN(CC=C)C[C@H]1CC(c2ccc(Cl)cc2)=NO1. The van der Waals surface area contributed by atoms with Gasteiger partial charge in [-0.05, 0) is 17.7 Å². The Balaban J connectivity index is 1.83. The smallest absolute Gasteiger partial charge is 0.145 e. The molecule has 2 rings (SSSR count). The van der Waals surface area contributed by atoms with Crippen molar-refractivity contribution in [2.45, 2.75) is 18.6 Å². The average Bonchev–Trinajstić information content (AvgIpc) is 3.04. The molecule has 0 saturated carbocycles. The first-order chi connectivity index (χ1) is 12.1. The Morgan fingerprint density at radius 3 is 2.80 bits per heavy atom. The van der Waals surface area contributed by atoms with Crippen LogP contribution in [0.25, 0.3) is 0 Å². The third-order valence-electron chi connectivity index (χ3n) is 3.77. The van der Waals surface area contributed by atoms with E-state index in [4.69, 9.17) is 21.2 Å². The van der Waals surface area contributed by atoms with Gasteiger partial charge in [-0.2, -0.15) is 0 Å². The molecule has 1 aromatic carbocycles. The number of nitrogens with zero attached hydrogens (tertiary/aromatic N) is 2. The predicted octanol–water partition coefficient (Wildman–Crippen LogP) is 2.88. The molecule has 0 amide bonds. The molecule has 6 heteroatoms. The molecule has 1 aliphatic heterocycles. The molecule has 0 bridgehead atoms. The minimum atomic E-state index is -0.571. The Labute approximate surface area is 154 Å². The van der Waals surface area contributed by atoms with Gasteiger partial charge in [-0.15, -0.1) is 13.2 Å². The number of aliphatic hydroxyl groups excluding tert-OH is 1. The van der Waals surface area contributed by atoms with Gasteiger partial charge in [-0.25, -0.2) is 0 Å². The molecular formula is C19H25ClN2O3. The second-order valence-electron chi connectivity index (χ2n) is 5.96. The molecule has 1 aliphatic rings. The molecule has 1 heterocycles. The highest BCUT2D eigenvalue weighted by atomic mass is 35.5. The number of rotatable bonds is 11. The lowest BCUT2D eigenvalue weighted by Crippen LogP contribution is -2.39. The summed E-state index contributed by atoms with van der Waals surface area (Å²) in [6.07, 6.45) is 3.58. The predicted molar refractivity (Wildman–Crippen MR) is 101 cm³/mol. The van der Waals surface area contributed by atoms with E-state index in [-0.39, 0.29) is 12.7 Å². The number of hydrogen-bond acceptors (Lipinski definition) is 5. The Morgan fingerprint density at radius 1 is 1.36 bits per heavy atom. The zero-order valence-electron chi connectivity index (χ0n) is 14.3. The minimum absolute atomic E-state index is 0.0491. The molecule has 0 spiro atoms. The standard InChI is InChI=1S/C19H25ClN2O3/c1-3-9-22(12-17(23)14-24-10-4-2)13-18-11-19(21-25-18)15-5-7-16(20)8-6-15/h3-8,17-18,23H,1-2,9-14H2/t17-,18-/m1/s1. The third kappa shape index (κ3) is 6.63. The lowest BCUT2D eigenvalue weighted by atomic mass is 10.0. The Morgan fingerprint density at radius 2 is 2.12 bits per heavy atom. The Hall–Kier alpha value is -1.66. The van der Waals surface area contributed by atoms with E-state index >= 15 is 0 Å². The van der Waals surface area contributed by atoms with Crippen molar-refractivity contribution in [1.29, 1.82) is 0 Å². The van der Waals surface area contributed by atoms with Gasteiger partial charge in [0, 0.05) is 31.1 Å². The van der Waals surface area contributed by atoms with E-state index in [0.29, 0.717) is 31.3 Å². The number of aliphatic hydroxyl groups is 1. The van der Waals surface area contributed by atoms with Crippen LogP contribution in [-0.4, -0.2) is 60.8 Å². The number of hydrogen-bond donors (Lipinski definition) is 1. The number of oxime groups is 1. The summed E-state index contributed by atoms with van der Waals surface area (Å²) in [5.74, 6) is 0. The van der Waals surface area contributed by atoms with Crippen LogP contribution < -0.4 is 0 Å². The summed E-state index contributed by atoms with van der Waals surface area (Å²) < 4.78 is 5.29. The van der Waals surface area contributed by atoms with Crippen LogP contribution >= 0.6 is 11.6 Å². The first-order valence-electron chi connectivity index (χ1n) is 8.31. The monoisotopic (exact) mass is 364 g/mol. The normalized spacial score (nSPS) is 17.9. The maximum Gasteiger partial charge on any atom is 0.145 e. The highest BCUT2D eigenvalue weighted by molar-refractivity contribution is 6.30. The molecule has 136 valence electrons. The lowest BCUT2D eigenvalue weighted by molar-refractivity contribution is 0.00895. The quantitative estimate of drug-likeness (QED) is 0.484. The zero-order chi connectivity index (χ0) is 18.1. The summed E-state index contributed by atoms with van der Waals surface area (Å²) >= 11 is 5.92. The van der Waals surface area contributed by atoms with Crippen LogP contribution in [0.15, 0.2) is 54.7 Å². The summed E-state index contributed by atoms with van der Waals surface area (Å²) in [6.45, 7) is 9.88. The van der Waals surface area contributed by atoms with E-state index < -0.39 is 6.10 Å². The highest BCUT2D eigenvalue weighted by Crippen LogP contribution is 2.19. The van der Waals surface area contributed by atoms with Gasteiger partial charge in [0.2, 0.25) is 0 Å². The van der Waals surface area contributed by atoms with E-state index in [1.165, 1.54) is 0 Å². The lowest BCUT2D eigenvalue weighted by Gasteiger charge is -2.25. The summed E-state index contributed by atoms with van der Waals surface area (Å²) in [7, 11) is 0. The molecule has 25 heavy (non-hydrogen) atoms.